The lowest BCUT2D eigenvalue weighted by molar-refractivity contribution is -0.108. The molecule has 0 fully saturated rings. The number of hydrogen-bond acceptors (Lipinski definition) is 5. The molecule has 0 unspecified atom stereocenters. The van der Waals surface area contributed by atoms with Gasteiger partial charge >= 0.3 is 0 Å². The van der Waals surface area contributed by atoms with Gasteiger partial charge in [-0.15, -0.1) is 0 Å². The van der Waals surface area contributed by atoms with Gasteiger partial charge in [0.1, 0.15) is 5.75 Å². The van der Waals surface area contributed by atoms with Crippen LogP contribution in [0.2, 0.25) is 0 Å². The molecule has 0 amide bonds. The number of carbonyl (C=O) groups excluding carboxylic acids is 2. The quantitative estimate of drug-likeness (QED) is 0.315. The second-order valence-corrected chi connectivity index (χ2v) is 7.72. The van der Waals surface area contributed by atoms with Gasteiger partial charge in [0.25, 0.3) is 0 Å². The lowest BCUT2D eigenvalue weighted by Gasteiger charge is -2.05. The van der Waals surface area contributed by atoms with Crippen LogP contribution in [0.3, 0.4) is 0 Å². The predicted octanol–water partition coefficient (Wildman–Crippen LogP) is 6.23. The molecule has 2 aromatic rings. The summed E-state index contributed by atoms with van der Waals surface area (Å²) in [5.41, 5.74) is 3.13. The molecule has 0 radical (unpaired) electrons. The average Bonchev–Trinajstić information content (AvgIpc) is 2.66. The molecule has 0 bridgehead atoms. The van der Waals surface area contributed by atoms with E-state index in [1.54, 1.807) is 19.3 Å². The van der Waals surface area contributed by atoms with Crippen molar-refractivity contribution < 1.29 is 14.3 Å². The first kappa shape index (κ1) is 20.8. The molecule has 0 aliphatic carbocycles. The molecule has 138 valence electrons. The predicted molar refractivity (Wildman–Crippen MR) is 115 cm³/mol. The van der Waals surface area contributed by atoms with Gasteiger partial charge in [0.15, 0.2) is 0 Å². The Hall–Kier alpha value is -2.50. The fourth-order valence-electron chi connectivity index (χ4n) is 1.93. The highest BCUT2D eigenvalue weighted by Gasteiger charge is 2.06. The molecule has 5 heteroatoms. The Morgan fingerprint density at radius 1 is 0.852 bits per heavy atom. The highest BCUT2D eigenvalue weighted by Crippen LogP contribution is 2.27. The minimum Gasteiger partial charge on any atom is -0.464 e. The molecule has 0 N–H and O–H groups in total. The van der Waals surface area contributed by atoms with Crippen molar-refractivity contribution in [3.63, 3.8) is 0 Å². The third kappa shape index (κ3) is 6.62. The monoisotopic (exact) mass is 396 g/mol. The molecule has 0 saturated carbocycles. The fraction of sp³-hybridized carbons (Fsp3) is 0.0909. The second kappa shape index (κ2) is 10.00. The zero-order chi connectivity index (χ0) is 19.8. The number of rotatable bonds is 7. The summed E-state index contributed by atoms with van der Waals surface area (Å²) in [5.74, 6) is 0.678. The van der Waals surface area contributed by atoms with Crippen molar-refractivity contribution in [1.82, 2.24) is 0 Å². The number of benzene rings is 2. The topological polar surface area (TPSA) is 43.4 Å². The van der Waals surface area contributed by atoms with Crippen LogP contribution in [0, 0.1) is 0 Å². The van der Waals surface area contributed by atoms with E-state index in [1.165, 1.54) is 18.0 Å². The molecule has 0 saturated heterocycles. The minimum atomic E-state index is -0.0863. The largest absolute Gasteiger partial charge is 0.464 e. The zero-order valence-electron chi connectivity index (χ0n) is 15.2. The molecule has 0 aromatic heterocycles. The van der Waals surface area contributed by atoms with E-state index in [4.69, 9.17) is 4.74 Å². The number of carbonyl (C=O) groups is 2. The summed E-state index contributed by atoms with van der Waals surface area (Å²) >= 11 is 2.21. The van der Waals surface area contributed by atoms with Gasteiger partial charge < -0.3 is 4.74 Å². The highest BCUT2D eigenvalue weighted by atomic mass is 32.2. The Kier molecular flexibility index (Phi) is 7.70. The van der Waals surface area contributed by atoms with Crippen LogP contribution in [0.4, 0.5) is 0 Å². The van der Waals surface area contributed by atoms with Gasteiger partial charge in [-0.3, -0.25) is 9.59 Å². The van der Waals surface area contributed by atoms with E-state index in [9.17, 15) is 9.59 Å². The van der Waals surface area contributed by atoms with Gasteiger partial charge in [0.05, 0.1) is 6.26 Å². The molecular formula is C22H20O3S2. The Morgan fingerprint density at radius 3 is 1.89 bits per heavy atom. The Bertz CT molecular complexity index is 879. The van der Waals surface area contributed by atoms with E-state index in [1.807, 2.05) is 48.5 Å². The first-order valence-electron chi connectivity index (χ1n) is 8.13. The van der Waals surface area contributed by atoms with E-state index in [2.05, 4.69) is 13.2 Å². The first-order chi connectivity index (χ1) is 12.9. The third-order valence-electron chi connectivity index (χ3n) is 3.38. The summed E-state index contributed by atoms with van der Waals surface area (Å²) in [5, 5.41) is 1.48. The number of ether oxygens (including phenoxy) is 1. The van der Waals surface area contributed by atoms with Gasteiger partial charge in [-0.05, 0) is 72.1 Å². The molecule has 2 aromatic carbocycles. The molecule has 3 nitrogen and oxygen atoms in total. The van der Waals surface area contributed by atoms with Gasteiger partial charge in [-0.1, -0.05) is 49.2 Å². The molecule has 0 aliphatic rings. The molecule has 0 spiro atoms. The molecular weight excluding hydrogens is 376 g/mol. The van der Waals surface area contributed by atoms with Crippen LogP contribution < -0.4 is 4.74 Å². The molecule has 0 aliphatic heterocycles. The van der Waals surface area contributed by atoms with Gasteiger partial charge in [-0.2, -0.15) is 0 Å². The molecule has 27 heavy (non-hydrogen) atoms. The van der Waals surface area contributed by atoms with E-state index < -0.39 is 0 Å². The van der Waals surface area contributed by atoms with Crippen molar-refractivity contribution in [3.05, 3.63) is 84.5 Å². The van der Waals surface area contributed by atoms with E-state index >= 15 is 0 Å². The zero-order valence-corrected chi connectivity index (χ0v) is 16.9. The standard InChI is InChI=1S/C22H20O3S2/c1-15(2)21(23)26-14-13-25-19-9-5-17(6-10-19)18-7-11-20(12-8-18)27-22(24)16(3)4/h5-14H,1,3H2,2,4H3/b14-13-. The summed E-state index contributed by atoms with van der Waals surface area (Å²) in [7, 11) is 0. The Morgan fingerprint density at radius 2 is 1.37 bits per heavy atom. The summed E-state index contributed by atoms with van der Waals surface area (Å²) in [4.78, 5) is 24.0. The van der Waals surface area contributed by atoms with Crippen molar-refractivity contribution in [3.8, 4) is 16.9 Å². The fourth-order valence-corrected chi connectivity index (χ4v) is 3.03. The Labute approximate surface area is 168 Å². The third-order valence-corrected chi connectivity index (χ3v) is 5.24. The number of hydrogen-bond donors (Lipinski definition) is 0. The van der Waals surface area contributed by atoms with Crippen LogP contribution in [0.5, 0.6) is 5.75 Å². The second-order valence-electron chi connectivity index (χ2n) is 5.79. The van der Waals surface area contributed by atoms with Crippen molar-refractivity contribution in [2.45, 2.75) is 18.7 Å². The van der Waals surface area contributed by atoms with Crippen LogP contribution in [0.15, 0.2) is 89.4 Å². The van der Waals surface area contributed by atoms with Crippen molar-refractivity contribution in [2.75, 3.05) is 0 Å². The van der Waals surface area contributed by atoms with Crippen molar-refractivity contribution >= 4 is 33.8 Å². The van der Waals surface area contributed by atoms with Crippen molar-refractivity contribution in [2.24, 2.45) is 0 Å². The maximum Gasteiger partial charge on any atom is 0.219 e. The van der Waals surface area contributed by atoms with Crippen LogP contribution in [-0.2, 0) is 9.59 Å². The van der Waals surface area contributed by atoms with E-state index in [0.717, 1.165) is 27.8 Å². The van der Waals surface area contributed by atoms with E-state index in [-0.39, 0.29) is 10.2 Å². The van der Waals surface area contributed by atoms with Crippen LogP contribution in [0.25, 0.3) is 11.1 Å². The van der Waals surface area contributed by atoms with Gasteiger partial charge in [0.2, 0.25) is 10.2 Å². The van der Waals surface area contributed by atoms with Gasteiger partial charge in [-0.25, -0.2) is 0 Å². The van der Waals surface area contributed by atoms with Crippen LogP contribution in [-0.4, -0.2) is 10.2 Å². The average molecular weight is 397 g/mol. The normalized spacial score (nSPS) is 10.6. The van der Waals surface area contributed by atoms with Gasteiger partial charge in [0, 0.05) is 10.3 Å². The highest BCUT2D eigenvalue weighted by molar-refractivity contribution is 8.16. The maximum absolute atomic E-state index is 11.7. The SMILES string of the molecule is C=C(C)C(=O)S/C=C\Oc1ccc(-c2ccc(SC(=O)C(=C)C)cc2)cc1. The minimum absolute atomic E-state index is 0.0274. The van der Waals surface area contributed by atoms with Crippen molar-refractivity contribution in [1.29, 1.82) is 0 Å². The van der Waals surface area contributed by atoms with Crippen LogP contribution >= 0.6 is 23.5 Å². The summed E-state index contributed by atoms with van der Waals surface area (Å²) in [6, 6.07) is 15.4. The maximum atomic E-state index is 11.7. The molecule has 0 heterocycles. The molecule has 0 atom stereocenters. The lowest BCUT2D eigenvalue weighted by Crippen LogP contribution is -1.90. The van der Waals surface area contributed by atoms with E-state index in [0.29, 0.717) is 16.9 Å². The lowest BCUT2D eigenvalue weighted by atomic mass is 10.1. The first-order valence-corrected chi connectivity index (χ1v) is 9.83. The summed E-state index contributed by atoms with van der Waals surface area (Å²) in [6.45, 7) is 10.6. The molecule has 2 rings (SSSR count). The summed E-state index contributed by atoms with van der Waals surface area (Å²) < 4.78 is 5.48. The number of thioether (sulfide) groups is 2. The Balaban J connectivity index is 1.95. The van der Waals surface area contributed by atoms with Crippen LogP contribution in [0.1, 0.15) is 13.8 Å². The smallest absolute Gasteiger partial charge is 0.219 e. The summed E-state index contributed by atoms with van der Waals surface area (Å²) in [6.07, 6.45) is 1.48.